The first-order chi connectivity index (χ1) is 7.12. The van der Waals surface area contributed by atoms with E-state index in [1.807, 2.05) is 6.07 Å². The molecule has 0 radical (unpaired) electrons. The fraction of sp³-hybridized carbons (Fsp3) is 0.364. The molecule has 80 valence electrons. The summed E-state index contributed by atoms with van der Waals surface area (Å²) >= 11 is 2.88. The molecule has 1 aliphatic rings. The van der Waals surface area contributed by atoms with Crippen molar-refractivity contribution < 1.29 is 4.74 Å². The summed E-state index contributed by atoms with van der Waals surface area (Å²) in [6.07, 6.45) is 0. The fourth-order valence-corrected chi connectivity index (χ4v) is 4.20. The molecule has 1 aliphatic heterocycles. The molecule has 2 rings (SSSR count). The van der Waals surface area contributed by atoms with Crippen LogP contribution in [0.3, 0.4) is 0 Å². The van der Waals surface area contributed by atoms with E-state index in [0.717, 1.165) is 11.5 Å². The molecule has 0 spiro atoms. The van der Waals surface area contributed by atoms with Gasteiger partial charge >= 0.3 is 108 Å². The topological polar surface area (TPSA) is 21.6 Å². The first-order valence-electron chi connectivity index (χ1n) is 4.73. The van der Waals surface area contributed by atoms with Gasteiger partial charge in [0.1, 0.15) is 0 Å². The molecule has 0 saturated carbocycles. The Labute approximate surface area is 107 Å². The minimum atomic E-state index is -0.0687. The number of ether oxygens (including phenoxy) is 1. The van der Waals surface area contributed by atoms with Gasteiger partial charge in [-0.05, 0) is 0 Å². The molecular weight excluding hydrogens is 368 g/mol. The molecule has 0 fully saturated rings. The van der Waals surface area contributed by atoms with Crippen molar-refractivity contribution in [3.63, 3.8) is 0 Å². The Morgan fingerprint density at radius 2 is 2.13 bits per heavy atom. The summed E-state index contributed by atoms with van der Waals surface area (Å²) in [4.78, 5) is 4.60. The van der Waals surface area contributed by atoms with Crippen LogP contribution < -0.4 is 4.46 Å². The molecule has 4 heteroatoms. The average molecular weight is 380 g/mol. The van der Waals surface area contributed by atoms with E-state index in [-0.39, 0.29) is 5.54 Å². The molecule has 15 heavy (non-hydrogen) atoms. The van der Waals surface area contributed by atoms with Gasteiger partial charge in [-0.1, -0.05) is 0 Å². The van der Waals surface area contributed by atoms with Crippen LogP contribution in [0.4, 0.5) is 0 Å². The van der Waals surface area contributed by atoms with Crippen molar-refractivity contribution in [3.05, 3.63) is 29.8 Å². The van der Waals surface area contributed by atoms with Gasteiger partial charge in [0.2, 0.25) is 0 Å². The van der Waals surface area contributed by atoms with E-state index in [1.165, 1.54) is 4.46 Å². The van der Waals surface area contributed by atoms with Crippen LogP contribution in [0, 0.1) is 0 Å². The molecule has 0 aliphatic carbocycles. The predicted molar refractivity (Wildman–Crippen MR) is 72.4 cm³/mol. The third-order valence-electron chi connectivity index (χ3n) is 2.17. The van der Waals surface area contributed by atoms with Crippen LogP contribution in [0.1, 0.15) is 19.4 Å². The van der Waals surface area contributed by atoms with Gasteiger partial charge in [-0.25, -0.2) is 0 Å². The van der Waals surface area contributed by atoms with Gasteiger partial charge in [-0.2, -0.15) is 0 Å². The van der Waals surface area contributed by atoms with Gasteiger partial charge in [-0.3, -0.25) is 0 Å². The number of halogens is 1. The van der Waals surface area contributed by atoms with Crippen LogP contribution in [0.25, 0.3) is 0 Å². The molecule has 0 amide bonds. The Hall–Kier alpha value is -0.0605. The molecule has 0 unspecified atom stereocenters. The van der Waals surface area contributed by atoms with Gasteiger partial charge in [0.25, 0.3) is 0 Å². The standard InChI is InChI=1S/C11H12INOSe/c1-11(2)7-14-10(13-11)8-5-3-4-6-9(8)15-12/h3-6H,7H2,1-2H3. The van der Waals surface area contributed by atoms with E-state index in [9.17, 15) is 0 Å². The Kier molecular flexibility index (Phi) is 3.38. The van der Waals surface area contributed by atoms with Crippen LogP contribution in [-0.4, -0.2) is 29.8 Å². The summed E-state index contributed by atoms with van der Waals surface area (Å²) in [6.45, 7) is 4.88. The molecule has 2 nitrogen and oxygen atoms in total. The zero-order valence-corrected chi connectivity index (χ0v) is 12.5. The normalized spacial score (nSPS) is 18.5. The summed E-state index contributed by atoms with van der Waals surface area (Å²) in [5.41, 5.74) is 1.10. The number of benzene rings is 1. The first-order valence-corrected chi connectivity index (χ1v) is 10.8. The van der Waals surface area contributed by atoms with Crippen LogP contribution in [0.2, 0.25) is 0 Å². The molecule has 1 aromatic carbocycles. The maximum absolute atomic E-state index is 5.65. The van der Waals surface area contributed by atoms with Gasteiger partial charge in [0.05, 0.1) is 0 Å². The summed E-state index contributed by atoms with van der Waals surface area (Å²) in [5.74, 6) is 0.814. The summed E-state index contributed by atoms with van der Waals surface area (Å²) in [5, 5.41) is 0. The molecule has 1 heterocycles. The Balaban J connectivity index is 2.39. The van der Waals surface area contributed by atoms with Crippen molar-refractivity contribution in [2.45, 2.75) is 19.4 Å². The number of rotatable bonds is 2. The number of aliphatic imine (C=N–C) groups is 1. The second kappa shape index (κ2) is 4.44. The fourth-order valence-electron chi connectivity index (χ4n) is 1.43. The number of nitrogens with zero attached hydrogens (tertiary/aromatic N) is 1. The van der Waals surface area contributed by atoms with Crippen molar-refractivity contribution in [1.29, 1.82) is 0 Å². The van der Waals surface area contributed by atoms with Crippen LogP contribution in [0.5, 0.6) is 0 Å². The van der Waals surface area contributed by atoms with Crippen LogP contribution >= 0.6 is 20.3 Å². The summed E-state index contributed by atoms with van der Waals surface area (Å²) in [7, 11) is 0. The van der Waals surface area contributed by atoms with Crippen LogP contribution in [0.15, 0.2) is 29.3 Å². The molecule has 0 atom stereocenters. The first kappa shape index (κ1) is 11.4. The molecule has 0 N–H and O–H groups in total. The predicted octanol–water partition coefficient (Wildman–Crippen LogP) is 1.92. The molecular formula is C11H12INOSe. The Morgan fingerprint density at radius 3 is 2.73 bits per heavy atom. The number of hydrogen-bond donors (Lipinski definition) is 0. The average Bonchev–Trinajstić information content (AvgIpc) is 2.59. The van der Waals surface area contributed by atoms with Crippen LogP contribution in [-0.2, 0) is 4.74 Å². The zero-order valence-electron chi connectivity index (χ0n) is 8.66. The third-order valence-corrected chi connectivity index (χ3v) is 5.73. The summed E-state index contributed by atoms with van der Waals surface area (Å²) in [6, 6.07) is 8.35. The van der Waals surface area contributed by atoms with Gasteiger partial charge in [0, 0.05) is 0 Å². The van der Waals surface area contributed by atoms with Gasteiger partial charge < -0.3 is 0 Å². The van der Waals surface area contributed by atoms with Crippen molar-refractivity contribution >= 4 is 42.4 Å². The van der Waals surface area contributed by atoms with Crippen molar-refractivity contribution in [3.8, 4) is 0 Å². The minimum absolute atomic E-state index is 0.0687. The Bertz CT molecular complexity index is 403. The van der Waals surface area contributed by atoms with E-state index < -0.39 is 0 Å². The monoisotopic (exact) mass is 381 g/mol. The van der Waals surface area contributed by atoms with E-state index in [1.54, 1.807) is 0 Å². The van der Waals surface area contributed by atoms with Gasteiger partial charge in [0.15, 0.2) is 0 Å². The molecule has 0 bridgehead atoms. The quantitative estimate of drug-likeness (QED) is 0.568. The maximum atomic E-state index is 5.65. The molecule has 0 saturated heterocycles. The second-order valence-corrected chi connectivity index (χ2v) is 7.63. The Morgan fingerprint density at radius 1 is 1.40 bits per heavy atom. The van der Waals surface area contributed by atoms with E-state index >= 15 is 0 Å². The van der Waals surface area contributed by atoms with Crippen molar-refractivity contribution in [2.24, 2.45) is 4.99 Å². The molecule has 0 aromatic heterocycles. The second-order valence-electron chi connectivity index (χ2n) is 4.09. The SMILES string of the molecule is CC1(C)COC(c2ccccc2[Se]I)=N1. The van der Waals surface area contributed by atoms with Gasteiger partial charge in [-0.15, -0.1) is 0 Å². The van der Waals surface area contributed by atoms with E-state index in [4.69, 9.17) is 4.74 Å². The van der Waals surface area contributed by atoms with E-state index in [0.29, 0.717) is 18.3 Å². The zero-order chi connectivity index (χ0) is 10.9. The van der Waals surface area contributed by atoms with Crippen molar-refractivity contribution in [1.82, 2.24) is 0 Å². The molecule has 1 aromatic rings. The van der Waals surface area contributed by atoms with E-state index in [2.05, 4.69) is 57.4 Å². The van der Waals surface area contributed by atoms with Crippen molar-refractivity contribution in [2.75, 3.05) is 6.61 Å². The number of hydrogen-bond acceptors (Lipinski definition) is 2. The summed E-state index contributed by atoms with van der Waals surface area (Å²) < 4.78 is 7.00. The third kappa shape index (κ3) is 2.55.